The molecule has 19 heavy (non-hydrogen) atoms. The van der Waals surface area contributed by atoms with Crippen molar-refractivity contribution in [2.45, 2.75) is 53.4 Å². The van der Waals surface area contributed by atoms with E-state index in [0.29, 0.717) is 12.8 Å². The summed E-state index contributed by atoms with van der Waals surface area (Å²) in [5.74, 6) is 1.75. The lowest BCUT2D eigenvalue weighted by molar-refractivity contribution is 0.0829. The minimum absolute atomic E-state index is 0.255. The van der Waals surface area contributed by atoms with Gasteiger partial charge in [-0.1, -0.05) is 27.7 Å². The molecule has 1 rings (SSSR count). The van der Waals surface area contributed by atoms with Crippen LogP contribution in [0.3, 0.4) is 0 Å². The van der Waals surface area contributed by atoms with Gasteiger partial charge in [-0.2, -0.15) is 0 Å². The molecule has 1 fully saturated rings. The number of amides is 1. The second kappa shape index (κ2) is 7.37. The monoisotopic (exact) mass is 264 g/mol. The summed E-state index contributed by atoms with van der Waals surface area (Å²) in [5.41, 5.74) is 0.471. The van der Waals surface area contributed by atoms with E-state index in [1.54, 1.807) is 0 Å². The predicted molar refractivity (Wildman–Crippen MR) is 86.4 cm³/mol. The first-order valence-corrected chi connectivity index (χ1v) is 7.81. The van der Waals surface area contributed by atoms with E-state index >= 15 is 0 Å². The van der Waals surface area contributed by atoms with Gasteiger partial charge in [0.25, 0.3) is 7.41 Å². The molecule has 1 heterocycles. The Morgan fingerprint density at radius 3 is 2.05 bits per heavy atom. The van der Waals surface area contributed by atoms with Crippen LogP contribution >= 0.6 is 0 Å². The van der Waals surface area contributed by atoms with Crippen molar-refractivity contribution >= 4 is 21.2 Å². The fraction of sp³-hybridized carbons (Fsp3) is 0.929. The number of nitrogens with one attached hydrogen (secondary N) is 1. The zero-order chi connectivity index (χ0) is 14.5. The van der Waals surface area contributed by atoms with Crippen molar-refractivity contribution in [1.82, 2.24) is 10.0 Å². The van der Waals surface area contributed by atoms with Gasteiger partial charge in [0.1, 0.15) is 0 Å². The maximum atomic E-state index is 11.9. The summed E-state index contributed by atoms with van der Waals surface area (Å²) in [5, 5.41) is 2.96. The van der Waals surface area contributed by atoms with E-state index in [1.165, 1.54) is 25.7 Å². The van der Waals surface area contributed by atoms with E-state index < -0.39 is 0 Å². The fourth-order valence-electron chi connectivity index (χ4n) is 3.72. The molecular formula is C14H30B2N2O. The van der Waals surface area contributed by atoms with Gasteiger partial charge in [0.05, 0.1) is 0 Å². The Bertz CT molecular complexity index is 275. The molecule has 1 saturated heterocycles. The predicted octanol–water partition coefficient (Wildman–Crippen LogP) is 1.77. The van der Waals surface area contributed by atoms with Gasteiger partial charge in [-0.15, -0.1) is 0 Å². The molecule has 0 radical (unpaired) electrons. The molecule has 0 aromatic rings. The number of rotatable bonds is 6. The Balaban J connectivity index is 2.60. The Morgan fingerprint density at radius 2 is 1.68 bits per heavy atom. The van der Waals surface area contributed by atoms with E-state index in [-0.39, 0.29) is 5.81 Å². The highest BCUT2D eigenvalue weighted by Crippen LogP contribution is 2.42. The molecule has 1 amide bonds. The molecule has 0 atom stereocenters. The molecule has 0 aliphatic carbocycles. The van der Waals surface area contributed by atoms with Crippen LogP contribution in [0.25, 0.3) is 0 Å². The molecule has 1 N–H and O–H groups in total. The standard InChI is InChI=1S/C14H30B2N2O/c1-11(2)9-14(10-12(3)4)5-7-18(8-6-14)13(19)16-17-15/h11-12,16-17H,5-10,15H2,1-4H3. The molecule has 1 aliphatic rings. The maximum Gasteiger partial charge on any atom is 0.300 e. The number of hydrogen-bond donors (Lipinski definition) is 1. The Labute approximate surface area is 120 Å². The second-order valence-corrected chi connectivity index (χ2v) is 7.11. The lowest BCUT2D eigenvalue weighted by atomic mass is 9.68. The van der Waals surface area contributed by atoms with E-state index in [1.807, 2.05) is 12.9 Å². The van der Waals surface area contributed by atoms with Crippen molar-refractivity contribution in [3.63, 3.8) is 0 Å². The maximum absolute atomic E-state index is 11.9. The van der Waals surface area contributed by atoms with Crippen LogP contribution in [0, 0.1) is 17.3 Å². The summed E-state index contributed by atoms with van der Waals surface area (Å²) in [6.07, 6.45) is 4.97. The van der Waals surface area contributed by atoms with Crippen LogP contribution in [0.15, 0.2) is 0 Å². The summed E-state index contributed by atoms with van der Waals surface area (Å²) in [6.45, 7) is 11.2. The normalized spacial score (nSPS) is 18.9. The quantitative estimate of drug-likeness (QED) is 0.741. The molecule has 5 heteroatoms. The van der Waals surface area contributed by atoms with Gasteiger partial charge in [0.2, 0.25) is 0 Å². The van der Waals surface area contributed by atoms with Crippen LogP contribution in [-0.4, -0.2) is 39.2 Å². The average molecular weight is 264 g/mol. The summed E-state index contributed by atoms with van der Waals surface area (Å²) in [6, 6.07) is 0. The van der Waals surface area contributed by atoms with Gasteiger partial charge < -0.3 is 10.0 Å². The summed E-state index contributed by atoms with van der Waals surface area (Å²) in [7, 11) is 2.31. The molecule has 0 spiro atoms. The summed E-state index contributed by atoms with van der Waals surface area (Å²) >= 11 is 0. The number of likely N-dealkylation sites (tertiary alicyclic amines) is 1. The van der Waals surface area contributed by atoms with Crippen LogP contribution in [0.4, 0.5) is 4.79 Å². The van der Waals surface area contributed by atoms with Crippen molar-refractivity contribution in [1.29, 1.82) is 0 Å². The second-order valence-electron chi connectivity index (χ2n) is 7.11. The Morgan fingerprint density at radius 1 is 1.21 bits per heavy atom. The van der Waals surface area contributed by atoms with Crippen LogP contribution in [-0.2, 0) is 0 Å². The molecule has 0 aromatic heterocycles. The topological polar surface area (TPSA) is 32.3 Å². The van der Waals surface area contributed by atoms with Gasteiger partial charge in [0.15, 0.2) is 13.8 Å². The molecule has 0 unspecified atom stereocenters. The highest BCUT2D eigenvalue weighted by atomic mass is 16.2. The first-order chi connectivity index (χ1) is 8.88. The van der Waals surface area contributed by atoms with Crippen molar-refractivity contribution in [2.75, 3.05) is 13.1 Å². The molecule has 0 aromatic carbocycles. The van der Waals surface area contributed by atoms with Crippen LogP contribution in [0.2, 0.25) is 0 Å². The van der Waals surface area contributed by atoms with E-state index in [2.05, 4.69) is 32.8 Å². The van der Waals surface area contributed by atoms with Gasteiger partial charge in [0, 0.05) is 13.1 Å². The molecular weight excluding hydrogens is 234 g/mol. The SMILES string of the molecule is BNBC(=O)N1CCC(CC(C)C)(CC(C)C)CC1. The Hall–Kier alpha value is -0.440. The third-order valence-electron chi connectivity index (χ3n) is 4.19. The third kappa shape index (κ3) is 5.21. The van der Waals surface area contributed by atoms with Crippen molar-refractivity contribution in [2.24, 2.45) is 17.3 Å². The number of piperidine rings is 1. The van der Waals surface area contributed by atoms with Crippen LogP contribution in [0.5, 0.6) is 0 Å². The van der Waals surface area contributed by atoms with Crippen LogP contribution < -0.4 is 5.14 Å². The average Bonchev–Trinajstić information content (AvgIpc) is 2.27. The lowest BCUT2D eigenvalue weighted by Crippen LogP contribution is -2.47. The minimum atomic E-state index is 0.255. The van der Waals surface area contributed by atoms with Gasteiger partial charge in [-0.05, 0) is 42.9 Å². The fourth-order valence-corrected chi connectivity index (χ4v) is 3.72. The smallest absolute Gasteiger partial charge is 0.300 e. The Kier molecular flexibility index (Phi) is 6.45. The van der Waals surface area contributed by atoms with Gasteiger partial charge in [-0.3, -0.25) is 4.79 Å². The first kappa shape index (κ1) is 16.6. The van der Waals surface area contributed by atoms with E-state index in [0.717, 1.165) is 24.9 Å². The van der Waals surface area contributed by atoms with Crippen molar-refractivity contribution in [3.05, 3.63) is 0 Å². The first-order valence-electron chi connectivity index (χ1n) is 7.81. The molecule has 0 bridgehead atoms. The molecule has 0 saturated carbocycles. The zero-order valence-corrected chi connectivity index (χ0v) is 13.5. The number of carbonyl (C=O) groups is 1. The number of carbonyl (C=O) groups excluding carboxylic acids is 1. The zero-order valence-electron chi connectivity index (χ0n) is 13.5. The van der Waals surface area contributed by atoms with E-state index in [9.17, 15) is 4.79 Å². The van der Waals surface area contributed by atoms with Gasteiger partial charge >= 0.3 is 0 Å². The largest absolute Gasteiger partial charge is 0.399 e. The minimum Gasteiger partial charge on any atom is -0.399 e. The summed E-state index contributed by atoms with van der Waals surface area (Å²) in [4.78, 5) is 14.0. The third-order valence-corrected chi connectivity index (χ3v) is 4.19. The molecule has 3 nitrogen and oxygen atoms in total. The number of nitrogens with zero attached hydrogens (tertiary/aromatic N) is 1. The highest BCUT2D eigenvalue weighted by molar-refractivity contribution is 6.74. The van der Waals surface area contributed by atoms with Gasteiger partial charge in [-0.25, -0.2) is 0 Å². The lowest BCUT2D eigenvalue weighted by Gasteiger charge is -2.44. The van der Waals surface area contributed by atoms with Crippen molar-refractivity contribution in [3.8, 4) is 0 Å². The highest BCUT2D eigenvalue weighted by Gasteiger charge is 2.36. The van der Waals surface area contributed by atoms with Crippen molar-refractivity contribution < 1.29 is 4.79 Å². The van der Waals surface area contributed by atoms with E-state index in [4.69, 9.17) is 0 Å². The molecule has 108 valence electrons. The van der Waals surface area contributed by atoms with Crippen LogP contribution in [0.1, 0.15) is 53.4 Å². The molecule has 1 aliphatic heterocycles. The summed E-state index contributed by atoms with van der Waals surface area (Å²) < 4.78 is 0. The number of hydrogen-bond acceptors (Lipinski definition) is 2.